The van der Waals surface area contributed by atoms with E-state index in [1.54, 1.807) is 0 Å². The van der Waals surface area contributed by atoms with Crippen molar-refractivity contribution in [3.8, 4) is 0 Å². The van der Waals surface area contributed by atoms with Gasteiger partial charge in [0.25, 0.3) is 0 Å². The van der Waals surface area contributed by atoms with Crippen molar-refractivity contribution in [3.05, 3.63) is 29.8 Å². The number of rotatable bonds is 3. The SMILES string of the molecule is Nc1nc2ccc(C=CCC=O)cc2s1. The minimum Gasteiger partial charge on any atom is -0.375 e. The summed E-state index contributed by atoms with van der Waals surface area (Å²) < 4.78 is 1.07. The maximum Gasteiger partial charge on any atom is 0.181 e. The fourth-order valence-electron chi connectivity index (χ4n) is 1.32. The number of thiazole rings is 1. The number of carbonyl (C=O) groups is 1. The lowest BCUT2D eigenvalue weighted by Gasteiger charge is -1.91. The molecule has 0 saturated heterocycles. The lowest BCUT2D eigenvalue weighted by molar-refractivity contribution is -0.107. The van der Waals surface area contributed by atoms with Crippen LogP contribution in [0.3, 0.4) is 0 Å². The van der Waals surface area contributed by atoms with Crippen LogP contribution in [0.2, 0.25) is 0 Å². The highest BCUT2D eigenvalue weighted by molar-refractivity contribution is 7.22. The maximum atomic E-state index is 10.1. The number of allylic oxidation sites excluding steroid dienone is 1. The minimum atomic E-state index is 0.447. The van der Waals surface area contributed by atoms with E-state index in [2.05, 4.69) is 4.98 Å². The molecule has 3 nitrogen and oxygen atoms in total. The molecule has 15 heavy (non-hydrogen) atoms. The molecule has 0 aliphatic rings. The van der Waals surface area contributed by atoms with E-state index in [0.29, 0.717) is 11.6 Å². The van der Waals surface area contributed by atoms with Crippen LogP contribution in [0.1, 0.15) is 12.0 Å². The summed E-state index contributed by atoms with van der Waals surface area (Å²) in [6, 6.07) is 5.91. The van der Waals surface area contributed by atoms with E-state index in [4.69, 9.17) is 5.73 Å². The maximum absolute atomic E-state index is 10.1. The van der Waals surface area contributed by atoms with Gasteiger partial charge in [-0.2, -0.15) is 0 Å². The molecule has 1 aromatic carbocycles. The first-order chi connectivity index (χ1) is 7.29. The third-order valence-electron chi connectivity index (χ3n) is 1.97. The van der Waals surface area contributed by atoms with E-state index in [1.807, 2.05) is 30.4 Å². The van der Waals surface area contributed by atoms with E-state index >= 15 is 0 Å². The number of fused-ring (bicyclic) bond motifs is 1. The highest BCUT2D eigenvalue weighted by Crippen LogP contribution is 2.24. The molecule has 0 bridgehead atoms. The van der Waals surface area contributed by atoms with Crippen LogP contribution >= 0.6 is 11.3 Å². The second-order valence-electron chi connectivity index (χ2n) is 3.08. The first-order valence-electron chi connectivity index (χ1n) is 4.56. The van der Waals surface area contributed by atoms with Crippen LogP contribution < -0.4 is 5.73 Å². The van der Waals surface area contributed by atoms with Crippen molar-refractivity contribution >= 4 is 39.0 Å². The van der Waals surface area contributed by atoms with Gasteiger partial charge in [-0.1, -0.05) is 29.6 Å². The number of nitrogens with zero attached hydrogens (tertiary/aromatic N) is 1. The highest BCUT2D eigenvalue weighted by atomic mass is 32.1. The van der Waals surface area contributed by atoms with Crippen molar-refractivity contribution < 1.29 is 4.79 Å². The number of anilines is 1. The molecule has 0 radical (unpaired) electrons. The highest BCUT2D eigenvalue weighted by Gasteiger charge is 1.99. The normalized spacial score (nSPS) is 11.2. The molecular formula is C11H10N2OS. The topological polar surface area (TPSA) is 56.0 Å². The zero-order valence-corrected chi connectivity index (χ0v) is 8.83. The molecule has 2 rings (SSSR count). The molecule has 4 heteroatoms. The van der Waals surface area contributed by atoms with Crippen LogP contribution in [0.5, 0.6) is 0 Å². The smallest absolute Gasteiger partial charge is 0.181 e. The third kappa shape index (κ3) is 2.22. The van der Waals surface area contributed by atoms with Gasteiger partial charge in [0.1, 0.15) is 6.29 Å². The van der Waals surface area contributed by atoms with Crippen molar-refractivity contribution in [2.75, 3.05) is 5.73 Å². The standard InChI is InChI=1S/C11H10N2OS/c12-11-13-9-5-4-8(3-1-2-6-14)7-10(9)15-11/h1,3-7H,2H2,(H2,12,13). The Morgan fingerprint density at radius 2 is 2.33 bits per heavy atom. The van der Waals surface area contributed by atoms with Gasteiger partial charge in [-0.15, -0.1) is 0 Å². The number of hydrogen-bond acceptors (Lipinski definition) is 4. The van der Waals surface area contributed by atoms with Gasteiger partial charge >= 0.3 is 0 Å². The second-order valence-corrected chi connectivity index (χ2v) is 4.15. The van der Waals surface area contributed by atoms with E-state index in [1.165, 1.54) is 11.3 Å². The largest absolute Gasteiger partial charge is 0.375 e. The number of nitrogen functional groups attached to an aromatic ring is 1. The summed E-state index contributed by atoms with van der Waals surface area (Å²) in [5.41, 5.74) is 7.59. The Labute approximate surface area is 91.2 Å². The van der Waals surface area contributed by atoms with Gasteiger partial charge < -0.3 is 10.5 Å². The van der Waals surface area contributed by atoms with Crippen LogP contribution in [-0.2, 0) is 4.79 Å². The van der Waals surface area contributed by atoms with Crippen molar-refractivity contribution in [2.45, 2.75) is 6.42 Å². The number of benzene rings is 1. The third-order valence-corrected chi connectivity index (χ3v) is 2.82. The Kier molecular flexibility index (Phi) is 2.78. The van der Waals surface area contributed by atoms with E-state index in [-0.39, 0.29) is 0 Å². The minimum absolute atomic E-state index is 0.447. The fourth-order valence-corrected chi connectivity index (χ4v) is 2.10. The van der Waals surface area contributed by atoms with Gasteiger partial charge in [-0.3, -0.25) is 0 Å². The summed E-state index contributed by atoms with van der Waals surface area (Å²) in [5.74, 6) is 0. The van der Waals surface area contributed by atoms with E-state index in [0.717, 1.165) is 22.1 Å². The van der Waals surface area contributed by atoms with Gasteiger partial charge in [0.05, 0.1) is 10.2 Å². The van der Waals surface area contributed by atoms with E-state index in [9.17, 15) is 4.79 Å². The summed E-state index contributed by atoms with van der Waals surface area (Å²) >= 11 is 1.47. The molecule has 76 valence electrons. The summed E-state index contributed by atoms with van der Waals surface area (Å²) in [6.45, 7) is 0. The Hall–Kier alpha value is -1.68. The first kappa shape index (κ1) is 9.86. The predicted octanol–water partition coefficient (Wildman–Crippen LogP) is 2.48. The molecule has 1 aromatic heterocycles. The van der Waals surface area contributed by atoms with Gasteiger partial charge in [0.2, 0.25) is 0 Å². The molecule has 0 amide bonds. The van der Waals surface area contributed by atoms with Crippen molar-refractivity contribution in [1.82, 2.24) is 4.98 Å². The second kappa shape index (κ2) is 4.23. The number of hydrogen-bond donors (Lipinski definition) is 1. The molecule has 1 heterocycles. The average Bonchev–Trinajstić information content (AvgIpc) is 2.57. The molecular weight excluding hydrogens is 208 g/mol. The monoisotopic (exact) mass is 218 g/mol. The zero-order valence-electron chi connectivity index (χ0n) is 8.01. The Bertz CT molecular complexity index is 516. The van der Waals surface area contributed by atoms with E-state index < -0.39 is 0 Å². The number of aromatic nitrogens is 1. The zero-order chi connectivity index (χ0) is 10.7. The summed E-state index contributed by atoms with van der Waals surface area (Å²) in [5, 5.41) is 0.582. The molecule has 0 atom stereocenters. The van der Waals surface area contributed by atoms with Crippen LogP contribution in [0, 0.1) is 0 Å². The van der Waals surface area contributed by atoms with Gasteiger partial charge in [0, 0.05) is 6.42 Å². The van der Waals surface area contributed by atoms with Gasteiger partial charge in [-0.25, -0.2) is 4.98 Å². The molecule has 0 aliphatic carbocycles. The van der Waals surface area contributed by atoms with Crippen LogP contribution in [0.25, 0.3) is 16.3 Å². The average molecular weight is 218 g/mol. The fraction of sp³-hybridized carbons (Fsp3) is 0.0909. The number of aldehydes is 1. The van der Waals surface area contributed by atoms with Crippen molar-refractivity contribution in [3.63, 3.8) is 0 Å². The van der Waals surface area contributed by atoms with Gasteiger partial charge in [0.15, 0.2) is 5.13 Å². The molecule has 0 saturated carbocycles. The summed E-state index contributed by atoms with van der Waals surface area (Å²) in [6.07, 6.45) is 5.07. The number of carbonyl (C=O) groups excluding carboxylic acids is 1. The summed E-state index contributed by atoms with van der Waals surface area (Å²) in [7, 11) is 0. The van der Waals surface area contributed by atoms with Crippen molar-refractivity contribution in [2.24, 2.45) is 0 Å². The Morgan fingerprint density at radius 3 is 3.13 bits per heavy atom. The molecule has 0 spiro atoms. The van der Waals surface area contributed by atoms with Crippen LogP contribution in [0.15, 0.2) is 24.3 Å². The Morgan fingerprint density at radius 1 is 1.47 bits per heavy atom. The molecule has 2 aromatic rings. The lowest BCUT2D eigenvalue weighted by atomic mass is 10.2. The van der Waals surface area contributed by atoms with Crippen LogP contribution in [-0.4, -0.2) is 11.3 Å². The summed E-state index contributed by atoms with van der Waals surface area (Å²) in [4.78, 5) is 14.3. The molecule has 0 unspecified atom stereocenters. The molecule has 0 fully saturated rings. The quantitative estimate of drug-likeness (QED) is 0.805. The van der Waals surface area contributed by atoms with Crippen molar-refractivity contribution in [1.29, 1.82) is 0 Å². The Balaban J connectivity index is 2.33. The molecule has 0 aliphatic heterocycles. The first-order valence-corrected chi connectivity index (χ1v) is 5.37. The van der Waals surface area contributed by atoms with Gasteiger partial charge in [-0.05, 0) is 17.7 Å². The predicted molar refractivity (Wildman–Crippen MR) is 63.7 cm³/mol. The van der Waals surface area contributed by atoms with Crippen LogP contribution in [0.4, 0.5) is 5.13 Å². The molecule has 2 N–H and O–H groups in total. The lowest BCUT2D eigenvalue weighted by Crippen LogP contribution is -1.79. The number of nitrogens with two attached hydrogens (primary N) is 1.